The van der Waals surface area contributed by atoms with Gasteiger partial charge >= 0.3 is 12.0 Å². The van der Waals surface area contributed by atoms with E-state index in [-0.39, 0.29) is 18.0 Å². The molecule has 0 aliphatic heterocycles. The fraction of sp³-hybridized carbons (Fsp3) is 0.875. The Kier molecular flexibility index (Phi) is 5.48. The number of rotatable bonds is 9. The molecule has 2 saturated carbocycles. The van der Waals surface area contributed by atoms with Gasteiger partial charge in [-0.1, -0.05) is 13.3 Å². The van der Waals surface area contributed by atoms with Gasteiger partial charge in [-0.25, -0.2) is 4.79 Å². The van der Waals surface area contributed by atoms with Crippen LogP contribution < -0.4 is 5.32 Å². The first-order chi connectivity index (χ1) is 9.97. The second-order valence-corrected chi connectivity index (χ2v) is 6.85. The Balaban J connectivity index is 1.66. The number of urea groups is 1. The van der Waals surface area contributed by atoms with E-state index < -0.39 is 5.97 Å². The van der Waals surface area contributed by atoms with Gasteiger partial charge in [-0.3, -0.25) is 4.79 Å². The number of aliphatic carboxylic acids is 1. The molecule has 2 rings (SSSR count). The van der Waals surface area contributed by atoms with Gasteiger partial charge in [0, 0.05) is 18.6 Å². The van der Waals surface area contributed by atoms with Gasteiger partial charge in [-0.2, -0.15) is 0 Å². The second kappa shape index (κ2) is 7.14. The molecule has 21 heavy (non-hydrogen) atoms. The van der Waals surface area contributed by atoms with Crippen molar-refractivity contribution in [1.82, 2.24) is 10.2 Å². The Morgan fingerprint density at radius 3 is 2.38 bits per heavy atom. The first-order valence-electron chi connectivity index (χ1n) is 8.27. The van der Waals surface area contributed by atoms with E-state index in [0.717, 1.165) is 38.1 Å². The van der Waals surface area contributed by atoms with Crippen LogP contribution in [0.15, 0.2) is 0 Å². The van der Waals surface area contributed by atoms with Gasteiger partial charge < -0.3 is 15.3 Å². The maximum absolute atomic E-state index is 12.3. The van der Waals surface area contributed by atoms with E-state index in [4.69, 9.17) is 5.11 Å². The van der Waals surface area contributed by atoms with Gasteiger partial charge in [0.05, 0.1) is 5.92 Å². The average molecular weight is 296 g/mol. The van der Waals surface area contributed by atoms with E-state index >= 15 is 0 Å². The van der Waals surface area contributed by atoms with Gasteiger partial charge in [-0.15, -0.1) is 0 Å². The molecule has 2 unspecified atom stereocenters. The second-order valence-electron chi connectivity index (χ2n) is 6.85. The summed E-state index contributed by atoms with van der Waals surface area (Å²) in [4.78, 5) is 25.1. The van der Waals surface area contributed by atoms with Gasteiger partial charge in [0.2, 0.25) is 0 Å². The Morgan fingerprint density at radius 2 is 1.86 bits per heavy atom. The Bertz CT molecular complexity index is 378. The summed E-state index contributed by atoms with van der Waals surface area (Å²) in [5.41, 5.74) is 0. The van der Waals surface area contributed by atoms with Crippen molar-refractivity contribution in [1.29, 1.82) is 0 Å². The topological polar surface area (TPSA) is 69.6 Å². The highest BCUT2D eigenvalue weighted by molar-refractivity contribution is 5.75. The SMILES string of the molecule is CC(CCCC(C)C(=O)O)NC(=O)N(CC1CC1)C1CC1. The van der Waals surface area contributed by atoms with Crippen LogP contribution in [0.1, 0.15) is 58.8 Å². The number of carboxylic acid groups (broad SMARTS) is 1. The first-order valence-corrected chi connectivity index (χ1v) is 8.27. The lowest BCUT2D eigenvalue weighted by Gasteiger charge is -2.25. The molecular formula is C16H28N2O3. The van der Waals surface area contributed by atoms with Gasteiger partial charge in [0.25, 0.3) is 0 Å². The molecule has 2 amide bonds. The summed E-state index contributed by atoms with van der Waals surface area (Å²) in [5.74, 6) is -0.315. The monoisotopic (exact) mass is 296 g/mol. The third-order valence-corrected chi connectivity index (χ3v) is 4.47. The maximum Gasteiger partial charge on any atom is 0.317 e. The summed E-state index contributed by atoms with van der Waals surface area (Å²) >= 11 is 0. The molecule has 2 atom stereocenters. The standard InChI is InChI=1S/C16H28N2O3/c1-11(15(19)20)4-3-5-12(2)17-16(21)18(14-8-9-14)10-13-6-7-13/h11-14H,3-10H2,1-2H3,(H,17,21)(H,19,20). The van der Waals surface area contributed by atoms with Crippen molar-refractivity contribution in [3.8, 4) is 0 Å². The zero-order valence-corrected chi connectivity index (χ0v) is 13.2. The zero-order valence-electron chi connectivity index (χ0n) is 13.2. The van der Waals surface area contributed by atoms with Crippen LogP contribution in [-0.2, 0) is 4.79 Å². The lowest BCUT2D eigenvalue weighted by atomic mass is 10.0. The Morgan fingerprint density at radius 1 is 1.19 bits per heavy atom. The number of nitrogens with one attached hydrogen (secondary N) is 1. The summed E-state index contributed by atoms with van der Waals surface area (Å²) in [5, 5.41) is 11.9. The molecule has 0 saturated heterocycles. The Labute approximate surface area is 127 Å². The summed E-state index contributed by atoms with van der Waals surface area (Å²) in [6, 6.07) is 0.645. The van der Waals surface area contributed by atoms with Crippen LogP contribution in [0, 0.1) is 11.8 Å². The predicted molar refractivity (Wildman–Crippen MR) is 81.1 cm³/mol. The summed E-state index contributed by atoms with van der Waals surface area (Å²) < 4.78 is 0. The van der Waals surface area contributed by atoms with Crippen molar-refractivity contribution in [3.05, 3.63) is 0 Å². The van der Waals surface area contributed by atoms with Crippen LogP contribution in [0.2, 0.25) is 0 Å². The first kappa shape index (κ1) is 16.1. The number of hydrogen-bond donors (Lipinski definition) is 2. The minimum atomic E-state index is -0.740. The predicted octanol–water partition coefficient (Wildman–Crippen LogP) is 2.85. The Hall–Kier alpha value is -1.26. The minimum Gasteiger partial charge on any atom is -0.481 e. The summed E-state index contributed by atoms with van der Waals surface area (Å²) in [6.45, 7) is 4.65. The average Bonchev–Trinajstić information content (AvgIpc) is 3.27. The van der Waals surface area contributed by atoms with Crippen LogP contribution in [0.3, 0.4) is 0 Å². The fourth-order valence-corrected chi connectivity index (χ4v) is 2.58. The highest BCUT2D eigenvalue weighted by Crippen LogP contribution is 2.34. The summed E-state index contributed by atoms with van der Waals surface area (Å²) in [7, 11) is 0. The number of amides is 2. The van der Waals surface area contributed by atoms with E-state index in [1.165, 1.54) is 12.8 Å². The molecule has 0 aromatic carbocycles. The maximum atomic E-state index is 12.3. The summed E-state index contributed by atoms with van der Waals surface area (Å²) in [6.07, 6.45) is 7.16. The number of hydrogen-bond acceptors (Lipinski definition) is 2. The third kappa shape index (κ3) is 5.56. The van der Waals surface area contributed by atoms with E-state index in [1.54, 1.807) is 6.92 Å². The largest absolute Gasteiger partial charge is 0.481 e. The molecule has 0 heterocycles. The molecular weight excluding hydrogens is 268 g/mol. The number of carbonyl (C=O) groups is 2. The van der Waals surface area contributed by atoms with Crippen LogP contribution >= 0.6 is 0 Å². The normalized spacial score (nSPS) is 20.7. The van der Waals surface area contributed by atoms with Crippen molar-refractivity contribution >= 4 is 12.0 Å². The molecule has 2 aliphatic carbocycles. The van der Waals surface area contributed by atoms with Gasteiger partial charge in [-0.05, 0) is 51.4 Å². The molecule has 0 spiro atoms. The van der Waals surface area contributed by atoms with Crippen molar-refractivity contribution in [3.63, 3.8) is 0 Å². The lowest BCUT2D eigenvalue weighted by molar-refractivity contribution is -0.141. The molecule has 2 N–H and O–H groups in total. The highest BCUT2D eigenvalue weighted by Gasteiger charge is 2.36. The van der Waals surface area contributed by atoms with Crippen LogP contribution in [0.5, 0.6) is 0 Å². The molecule has 5 nitrogen and oxygen atoms in total. The van der Waals surface area contributed by atoms with E-state index in [9.17, 15) is 9.59 Å². The van der Waals surface area contributed by atoms with Crippen LogP contribution in [0.4, 0.5) is 4.79 Å². The molecule has 0 bridgehead atoms. The fourth-order valence-electron chi connectivity index (χ4n) is 2.58. The lowest BCUT2D eigenvalue weighted by Crippen LogP contribution is -2.45. The van der Waals surface area contributed by atoms with E-state index in [1.807, 2.05) is 11.8 Å². The van der Waals surface area contributed by atoms with E-state index in [0.29, 0.717) is 12.5 Å². The van der Waals surface area contributed by atoms with Gasteiger partial charge in [0.15, 0.2) is 0 Å². The van der Waals surface area contributed by atoms with Crippen LogP contribution in [0.25, 0.3) is 0 Å². The smallest absolute Gasteiger partial charge is 0.317 e. The molecule has 0 radical (unpaired) electrons. The zero-order chi connectivity index (χ0) is 15.4. The van der Waals surface area contributed by atoms with E-state index in [2.05, 4.69) is 5.32 Å². The number of carbonyl (C=O) groups excluding carboxylic acids is 1. The molecule has 0 aromatic heterocycles. The van der Waals surface area contributed by atoms with Crippen molar-refractivity contribution in [2.24, 2.45) is 11.8 Å². The van der Waals surface area contributed by atoms with Crippen molar-refractivity contribution in [2.75, 3.05) is 6.54 Å². The number of nitrogens with zero attached hydrogens (tertiary/aromatic N) is 1. The molecule has 5 heteroatoms. The molecule has 2 fully saturated rings. The van der Waals surface area contributed by atoms with Crippen molar-refractivity contribution < 1.29 is 14.7 Å². The van der Waals surface area contributed by atoms with Crippen LogP contribution in [-0.4, -0.2) is 40.6 Å². The number of carboxylic acids is 1. The quantitative estimate of drug-likeness (QED) is 0.687. The minimum absolute atomic E-state index is 0.0724. The van der Waals surface area contributed by atoms with Crippen molar-refractivity contribution in [2.45, 2.75) is 70.9 Å². The molecule has 2 aliphatic rings. The highest BCUT2D eigenvalue weighted by atomic mass is 16.4. The van der Waals surface area contributed by atoms with Gasteiger partial charge in [0.1, 0.15) is 0 Å². The third-order valence-electron chi connectivity index (χ3n) is 4.47. The molecule has 120 valence electrons. The molecule has 0 aromatic rings.